The molecular weight excluding hydrogens is 283 g/mol. The van der Waals surface area contributed by atoms with Gasteiger partial charge in [0.05, 0.1) is 5.56 Å². The number of alkyl halides is 3. The molecule has 0 spiro atoms. The molecule has 2 aromatic heterocycles. The molecule has 1 aliphatic heterocycles. The molecule has 5 nitrogen and oxygen atoms in total. The molecule has 2 N–H and O–H groups in total. The van der Waals surface area contributed by atoms with Crippen LogP contribution in [0.15, 0.2) is 47.8 Å². The molecule has 0 fully saturated rings. The molecular formula is C13H10F3N5. The van der Waals surface area contributed by atoms with Crippen molar-refractivity contribution in [3.8, 4) is 0 Å². The van der Waals surface area contributed by atoms with Crippen LogP contribution >= 0.6 is 0 Å². The molecule has 8 heteroatoms. The molecule has 0 saturated carbocycles. The molecule has 108 valence electrons. The van der Waals surface area contributed by atoms with Crippen molar-refractivity contribution >= 4 is 5.84 Å². The van der Waals surface area contributed by atoms with E-state index >= 15 is 0 Å². The number of halogens is 3. The molecule has 21 heavy (non-hydrogen) atoms. The zero-order valence-electron chi connectivity index (χ0n) is 10.6. The minimum atomic E-state index is -4.40. The highest BCUT2D eigenvalue weighted by Crippen LogP contribution is 2.28. The number of aliphatic imine (C=N–C) groups is 1. The highest BCUT2D eigenvalue weighted by atomic mass is 19.4. The molecule has 0 saturated heterocycles. The molecule has 2 aromatic rings. The Hall–Kier alpha value is -2.48. The number of hydrogen-bond acceptors (Lipinski definition) is 5. The van der Waals surface area contributed by atoms with Crippen LogP contribution in [0.5, 0.6) is 0 Å². The van der Waals surface area contributed by atoms with Gasteiger partial charge in [0.1, 0.15) is 11.9 Å². The van der Waals surface area contributed by atoms with E-state index in [1.165, 1.54) is 6.07 Å². The number of rotatable bonds is 2. The first kappa shape index (κ1) is 13.5. The fourth-order valence-electron chi connectivity index (χ4n) is 1.86. The third-order valence-electron chi connectivity index (χ3n) is 2.92. The van der Waals surface area contributed by atoms with Crippen molar-refractivity contribution in [1.29, 1.82) is 0 Å². The molecule has 1 atom stereocenters. The number of hydrogen-bond donors (Lipinski definition) is 2. The molecule has 3 rings (SSSR count). The predicted octanol–water partition coefficient (Wildman–Crippen LogP) is 2.05. The summed E-state index contributed by atoms with van der Waals surface area (Å²) in [6, 6.07) is 5.88. The van der Waals surface area contributed by atoms with Gasteiger partial charge in [-0.2, -0.15) is 13.2 Å². The monoisotopic (exact) mass is 293 g/mol. The number of nitrogens with one attached hydrogen (secondary N) is 2. The van der Waals surface area contributed by atoms with Crippen molar-refractivity contribution < 1.29 is 13.2 Å². The van der Waals surface area contributed by atoms with Crippen molar-refractivity contribution in [2.24, 2.45) is 4.99 Å². The third-order valence-corrected chi connectivity index (χ3v) is 2.92. The molecule has 0 unspecified atom stereocenters. The average Bonchev–Trinajstić information content (AvgIpc) is 2.97. The van der Waals surface area contributed by atoms with Crippen molar-refractivity contribution in [2.75, 3.05) is 0 Å². The number of hydrazine groups is 1. The maximum absolute atomic E-state index is 12.5. The summed E-state index contributed by atoms with van der Waals surface area (Å²) in [4.78, 5) is 12.1. The average molecular weight is 293 g/mol. The van der Waals surface area contributed by atoms with Crippen LogP contribution in [0.2, 0.25) is 0 Å². The highest BCUT2D eigenvalue weighted by molar-refractivity contribution is 5.97. The largest absolute Gasteiger partial charge is 0.417 e. The van der Waals surface area contributed by atoms with Crippen molar-refractivity contribution in [2.45, 2.75) is 12.3 Å². The highest BCUT2D eigenvalue weighted by Gasteiger charge is 2.31. The van der Waals surface area contributed by atoms with E-state index in [1.54, 1.807) is 18.5 Å². The summed E-state index contributed by atoms with van der Waals surface area (Å²) in [5.41, 5.74) is 6.10. The fraction of sp³-hybridized carbons (Fsp3) is 0.154. The summed E-state index contributed by atoms with van der Waals surface area (Å²) in [6.07, 6.45) is -0.651. The summed E-state index contributed by atoms with van der Waals surface area (Å²) in [5, 5.41) is 0. The van der Waals surface area contributed by atoms with Gasteiger partial charge in [-0.15, -0.1) is 0 Å². The fourth-order valence-corrected chi connectivity index (χ4v) is 1.86. The van der Waals surface area contributed by atoms with Crippen molar-refractivity contribution in [3.05, 3.63) is 59.7 Å². The number of aromatic nitrogens is 2. The Morgan fingerprint density at radius 2 is 1.95 bits per heavy atom. The second-order valence-corrected chi connectivity index (χ2v) is 4.37. The smallest absolute Gasteiger partial charge is 0.302 e. The van der Waals surface area contributed by atoms with E-state index in [0.717, 1.165) is 17.8 Å². The molecule has 0 aromatic carbocycles. The van der Waals surface area contributed by atoms with Gasteiger partial charge in [0.25, 0.3) is 0 Å². The van der Waals surface area contributed by atoms with Crippen LogP contribution in [0.4, 0.5) is 13.2 Å². The van der Waals surface area contributed by atoms with E-state index in [2.05, 4.69) is 25.8 Å². The summed E-state index contributed by atoms with van der Waals surface area (Å²) >= 11 is 0. The van der Waals surface area contributed by atoms with Gasteiger partial charge < -0.3 is 5.43 Å². The minimum Gasteiger partial charge on any atom is -0.302 e. The molecule has 1 aliphatic rings. The first-order valence-electron chi connectivity index (χ1n) is 6.07. The van der Waals surface area contributed by atoms with Gasteiger partial charge in [-0.3, -0.25) is 9.97 Å². The Bertz CT molecular complexity index is 652. The van der Waals surface area contributed by atoms with E-state index in [-0.39, 0.29) is 6.17 Å². The van der Waals surface area contributed by atoms with E-state index in [9.17, 15) is 13.2 Å². The van der Waals surface area contributed by atoms with Gasteiger partial charge in [0.15, 0.2) is 5.84 Å². The Kier molecular flexibility index (Phi) is 3.30. The van der Waals surface area contributed by atoms with Gasteiger partial charge >= 0.3 is 6.18 Å². The summed E-state index contributed by atoms with van der Waals surface area (Å²) in [6.45, 7) is 0. The van der Waals surface area contributed by atoms with Crippen LogP contribution in [0.25, 0.3) is 0 Å². The zero-order valence-corrected chi connectivity index (χ0v) is 10.6. The second kappa shape index (κ2) is 5.13. The normalized spacial score (nSPS) is 18.2. The standard InChI is InChI=1S/C13H10F3N5/c14-13(15,16)9-3-4-10(18-7-9)12-19-11(20-21-12)8-2-1-5-17-6-8/h1-7,11,20H,(H,19,21)/t11-/m0/s1. The van der Waals surface area contributed by atoms with Gasteiger partial charge in [0.2, 0.25) is 0 Å². The zero-order chi connectivity index (χ0) is 14.9. The van der Waals surface area contributed by atoms with Crippen LogP contribution in [0.3, 0.4) is 0 Å². The topological polar surface area (TPSA) is 62.2 Å². The lowest BCUT2D eigenvalue weighted by atomic mass is 10.2. The minimum absolute atomic E-state index is 0.335. The van der Waals surface area contributed by atoms with E-state index in [1.807, 2.05) is 6.07 Å². The van der Waals surface area contributed by atoms with Crippen LogP contribution in [0, 0.1) is 0 Å². The second-order valence-electron chi connectivity index (χ2n) is 4.37. The lowest BCUT2D eigenvalue weighted by molar-refractivity contribution is -0.137. The van der Waals surface area contributed by atoms with E-state index in [0.29, 0.717) is 11.5 Å². The van der Waals surface area contributed by atoms with Gasteiger partial charge in [-0.1, -0.05) is 6.07 Å². The lowest BCUT2D eigenvalue weighted by Gasteiger charge is -2.06. The van der Waals surface area contributed by atoms with Gasteiger partial charge in [-0.05, 0) is 18.2 Å². The van der Waals surface area contributed by atoms with E-state index < -0.39 is 11.7 Å². The Balaban J connectivity index is 1.82. The summed E-state index contributed by atoms with van der Waals surface area (Å²) < 4.78 is 37.4. The van der Waals surface area contributed by atoms with Crippen LogP contribution in [0.1, 0.15) is 23.0 Å². The first-order valence-corrected chi connectivity index (χ1v) is 6.07. The van der Waals surface area contributed by atoms with Crippen LogP contribution < -0.4 is 10.9 Å². The molecule has 0 amide bonds. The maximum Gasteiger partial charge on any atom is 0.417 e. The molecule has 3 heterocycles. The Morgan fingerprint density at radius 3 is 2.57 bits per heavy atom. The third kappa shape index (κ3) is 2.84. The molecule has 0 bridgehead atoms. The van der Waals surface area contributed by atoms with Crippen LogP contribution in [-0.4, -0.2) is 15.8 Å². The van der Waals surface area contributed by atoms with Gasteiger partial charge in [-0.25, -0.2) is 10.4 Å². The number of pyridine rings is 2. The quantitative estimate of drug-likeness (QED) is 0.889. The number of nitrogens with zero attached hydrogens (tertiary/aromatic N) is 3. The SMILES string of the molecule is FC(F)(F)c1ccc(C2=N[C@H](c3cccnc3)NN2)nc1. The lowest BCUT2D eigenvalue weighted by Crippen LogP contribution is -2.32. The van der Waals surface area contributed by atoms with Crippen LogP contribution in [-0.2, 0) is 6.18 Å². The predicted molar refractivity (Wildman–Crippen MR) is 69.0 cm³/mol. The van der Waals surface area contributed by atoms with Crippen molar-refractivity contribution in [1.82, 2.24) is 20.8 Å². The first-order chi connectivity index (χ1) is 10.0. The summed E-state index contributed by atoms with van der Waals surface area (Å²) in [7, 11) is 0. The maximum atomic E-state index is 12.5. The molecule has 0 radical (unpaired) electrons. The Labute approximate surface area is 117 Å². The van der Waals surface area contributed by atoms with Crippen molar-refractivity contribution in [3.63, 3.8) is 0 Å². The summed E-state index contributed by atoms with van der Waals surface area (Å²) in [5.74, 6) is 0.387. The van der Waals surface area contributed by atoms with Gasteiger partial charge in [0, 0.05) is 24.2 Å². The number of amidine groups is 1. The van der Waals surface area contributed by atoms with E-state index in [4.69, 9.17) is 0 Å². The molecule has 0 aliphatic carbocycles. The Morgan fingerprint density at radius 1 is 1.10 bits per heavy atom.